The second-order valence-corrected chi connectivity index (χ2v) is 5.95. The van der Waals surface area contributed by atoms with Crippen LogP contribution in [-0.4, -0.2) is 53.2 Å². The summed E-state index contributed by atoms with van der Waals surface area (Å²) in [5.74, 6) is -0.0270. The molecule has 0 unspecified atom stereocenters. The molecule has 3 N–H and O–H groups in total. The second kappa shape index (κ2) is 7.10. The fourth-order valence-corrected chi connectivity index (χ4v) is 2.98. The number of nitrogen functional groups attached to an aromatic ring is 1. The number of ether oxygens (including phenoxy) is 2. The lowest BCUT2D eigenvalue weighted by Gasteiger charge is -2.28. The molecule has 126 valence electrons. The summed E-state index contributed by atoms with van der Waals surface area (Å²) in [6.45, 7) is 2.02. The van der Waals surface area contributed by atoms with Gasteiger partial charge in [0.05, 0.1) is 24.9 Å². The Morgan fingerprint density at radius 3 is 3.13 bits per heavy atom. The Bertz CT molecular complexity index is 624. The highest BCUT2D eigenvalue weighted by atomic mass is 16.5. The Hall–Kier alpha value is -1.93. The summed E-state index contributed by atoms with van der Waals surface area (Å²) in [5.41, 5.74) is 6.52. The van der Waals surface area contributed by atoms with Crippen molar-refractivity contribution in [1.29, 1.82) is 0 Å². The number of nitrogens with zero attached hydrogens (tertiary/aromatic N) is 2. The van der Waals surface area contributed by atoms with E-state index in [2.05, 4.69) is 9.97 Å². The first-order chi connectivity index (χ1) is 11.1. The number of fused-ring (bicyclic) bond motifs is 1. The van der Waals surface area contributed by atoms with Gasteiger partial charge in [0.2, 0.25) is 11.9 Å². The van der Waals surface area contributed by atoms with E-state index in [4.69, 9.17) is 15.2 Å². The van der Waals surface area contributed by atoms with E-state index in [1.54, 1.807) is 4.90 Å². The summed E-state index contributed by atoms with van der Waals surface area (Å²) in [5, 5.41) is 0. The minimum atomic E-state index is -0.217. The molecule has 23 heavy (non-hydrogen) atoms. The van der Waals surface area contributed by atoms with Crippen LogP contribution in [0.15, 0.2) is 4.79 Å². The third-order valence-corrected chi connectivity index (χ3v) is 4.25. The standard InChI is InChI=1S/C15H22N4O4/c16-15-17-12-7-19(5-4-11(12)14(21)18-15)13(20)9-22-8-10-3-1-2-6-23-10/h10H,1-9H2,(H3,16,17,18,21)/t10-/m0/s1. The average molecular weight is 322 g/mol. The molecule has 1 aromatic heterocycles. The molecule has 8 heteroatoms. The highest BCUT2D eigenvalue weighted by Crippen LogP contribution is 2.15. The zero-order valence-electron chi connectivity index (χ0n) is 13.0. The van der Waals surface area contributed by atoms with E-state index in [0.717, 1.165) is 25.9 Å². The van der Waals surface area contributed by atoms with Gasteiger partial charge in [-0.05, 0) is 25.7 Å². The Labute approximate surface area is 134 Å². The third-order valence-electron chi connectivity index (χ3n) is 4.25. The lowest BCUT2D eigenvalue weighted by atomic mass is 10.1. The van der Waals surface area contributed by atoms with E-state index >= 15 is 0 Å². The largest absolute Gasteiger partial charge is 0.376 e. The summed E-state index contributed by atoms with van der Waals surface area (Å²) in [6, 6.07) is 0. The highest BCUT2D eigenvalue weighted by molar-refractivity contribution is 5.77. The summed E-state index contributed by atoms with van der Waals surface area (Å²) >= 11 is 0. The van der Waals surface area contributed by atoms with Crippen molar-refractivity contribution in [3.63, 3.8) is 0 Å². The molecule has 3 heterocycles. The Kier molecular flexibility index (Phi) is 4.92. The number of carbonyl (C=O) groups is 1. The van der Waals surface area contributed by atoms with E-state index in [0.29, 0.717) is 37.4 Å². The van der Waals surface area contributed by atoms with Crippen molar-refractivity contribution in [1.82, 2.24) is 14.9 Å². The van der Waals surface area contributed by atoms with Gasteiger partial charge in [-0.2, -0.15) is 0 Å². The summed E-state index contributed by atoms with van der Waals surface area (Å²) < 4.78 is 11.1. The van der Waals surface area contributed by atoms with Gasteiger partial charge < -0.3 is 20.1 Å². The van der Waals surface area contributed by atoms with Crippen molar-refractivity contribution < 1.29 is 14.3 Å². The minimum Gasteiger partial charge on any atom is -0.376 e. The van der Waals surface area contributed by atoms with E-state index in [9.17, 15) is 9.59 Å². The molecule has 0 radical (unpaired) electrons. The first-order valence-corrected chi connectivity index (χ1v) is 7.98. The van der Waals surface area contributed by atoms with Crippen molar-refractivity contribution in [3.8, 4) is 0 Å². The molecule has 0 aromatic carbocycles. The van der Waals surface area contributed by atoms with Crippen molar-refractivity contribution >= 4 is 11.9 Å². The molecule has 0 bridgehead atoms. The van der Waals surface area contributed by atoms with E-state index in [1.807, 2.05) is 0 Å². The van der Waals surface area contributed by atoms with Crippen LogP contribution < -0.4 is 11.3 Å². The predicted octanol–water partition coefficient (Wildman–Crippen LogP) is -0.177. The van der Waals surface area contributed by atoms with Gasteiger partial charge in [0.15, 0.2) is 0 Å². The molecule has 3 rings (SSSR count). The summed E-state index contributed by atoms with van der Waals surface area (Å²) in [4.78, 5) is 32.3. The molecule has 0 saturated carbocycles. The van der Waals surface area contributed by atoms with Gasteiger partial charge in [0.25, 0.3) is 5.56 Å². The second-order valence-electron chi connectivity index (χ2n) is 5.95. The van der Waals surface area contributed by atoms with Crippen LogP contribution in [0.5, 0.6) is 0 Å². The number of amides is 1. The quantitative estimate of drug-likeness (QED) is 0.796. The highest BCUT2D eigenvalue weighted by Gasteiger charge is 2.24. The SMILES string of the molecule is Nc1nc2c(c(=O)[nH]1)CCN(C(=O)COC[C@@H]1CCCCO1)C2. The fourth-order valence-electron chi connectivity index (χ4n) is 2.98. The molecule has 1 fully saturated rings. The topological polar surface area (TPSA) is 111 Å². The van der Waals surface area contributed by atoms with Crippen LogP contribution in [0.3, 0.4) is 0 Å². The van der Waals surface area contributed by atoms with Crippen LogP contribution in [0.25, 0.3) is 0 Å². The third kappa shape index (κ3) is 3.89. The predicted molar refractivity (Wildman–Crippen MR) is 82.8 cm³/mol. The van der Waals surface area contributed by atoms with Crippen LogP contribution in [-0.2, 0) is 27.2 Å². The number of aromatic nitrogens is 2. The zero-order valence-corrected chi connectivity index (χ0v) is 13.0. The van der Waals surface area contributed by atoms with E-state index in [1.165, 1.54) is 0 Å². The van der Waals surface area contributed by atoms with Gasteiger partial charge in [-0.25, -0.2) is 4.98 Å². The Morgan fingerprint density at radius 2 is 2.35 bits per heavy atom. The number of nitrogens with one attached hydrogen (secondary N) is 1. The molecule has 1 atom stereocenters. The number of hydrogen-bond acceptors (Lipinski definition) is 6. The van der Waals surface area contributed by atoms with Gasteiger partial charge in [-0.15, -0.1) is 0 Å². The van der Waals surface area contributed by atoms with Crippen molar-refractivity contribution in [2.75, 3.05) is 32.1 Å². The lowest BCUT2D eigenvalue weighted by Crippen LogP contribution is -2.41. The van der Waals surface area contributed by atoms with Gasteiger partial charge in [-0.3, -0.25) is 14.6 Å². The van der Waals surface area contributed by atoms with Crippen molar-refractivity contribution in [3.05, 3.63) is 21.6 Å². The molecule has 8 nitrogen and oxygen atoms in total. The molecule has 1 saturated heterocycles. The first-order valence-electron chi connectivity index (χ1n) is 7.98. The van der Waals surface area contributed by atoms with Crippen LogP contribution in [0.1, 0.15) is 30.5 Å². The molecular formula is C15H22N4O4. The summed E-state index contributed by atoms with van der Waals surface area (Å²) in [6.07, 6.45) is 3.80. The number of carbonyl (C=O) groups excluding carboxylic acids is 1. The van der Waals surface area contributed by atoms with Crippen LogP contribution in [0, 0.1) is 0 Å². The number of nitrogens with two attached hydrogens (primary N) is 1. The van der Waals surface area contributed by atoms with Gasteiger partial charge in [0, 0.05) is 18.7 Å². The van der Waals surface area contributed by atoms with E-state index in [-0.39, 0.29) is 30.1 Å². The van der Waals surface area contributed by atoms with Gasteiger partial charge in [0.1, 0.15) is 6.61 Å². The number of aromatic amines is 1. The molecular weight excluding hydrogens is 300 g/mol. The van der Waals surface area contributed by atoms with Crippen LogP contribution in [0.2, 0.25) is 0 Å². The maximum atomic E-state index is 12.2. The number of anilines is 1. The maximum absolute atomic E-state index is 12.2. The van der Waals surface area contributed by atoms with Crippen molar-refractivity contribution in [2.45, 2.75) is 38.3 Å². The maximum Gasteiger partial charge on any atom is 0.255 e. The Morgan fingerprint density at radius 1 is 1.48 bits per heavy atom. The molecule has 2 aliphatic heterocycles. The molecule has 0 aliphatic carbocycles. The van der Waals surface area contributed by atoms with E-state index < -0.39 is 0 Å². The van der Waals surface area contributed by atoms with Crippen molar-refractivity contribution in [2.24, 2.45) is 0 Å². The normalized spacial score (nSPS) is 21.0. The average Bonchev–Trinajstić information content (AvgIpc) is 2.55. The number of hydrogen-bond donors (Lipinski definition) is 2. The van der Waals surface area contributed by atoms with Gasteiger partial charge in [-0.1, -0.05) is 0 Å². The van der Waals surface area contributed by atoms with Crippen LogP contribution in [0.4, 0.5) is 5.95 Å². The minimum absolute atomic E-state index is 0.0217. The fraction of sp³-hybridized carbons (Fsp3) is 0.667. The molecule has 2 aliphatic rings. The first kappa shape index (κ1) is 15.9. The molecule has 0 spiro atoms. The monoisotopic (exact) mass is 322 g/mol. The Balaban J connectivity index is 1.51. The van der Waals surface area contributed by atoms with Gasteiger partial charge >= 0.3 is 0 Å². The molecule has 1 aromatic rings. The lowest BCUT2D eigenvalue weighted by molar-refractivity contribution is -0.139. The zero-order chi connectivity index (χ0) is 16.2. The number of rotatable bonds is 4. The smallest absolute Gasteiger partial charge is 0.255 e. The number of H-pyrrole nitrogens is 1. The van der Waals surface area contributed by atoms with Crippen LogP contribution >= 0.6 is 0 Å². The molecule has 1 amide bonds. The summed E-state index contributed by atoms with van der Waals surface area (Å²) in [7, 11) is 0.